The lowest BCUT2D eigenvalue weighted by atomic mass is 9.69. The van der Waals surface area contributed by atoms with Gasteiger partial charge < -0.3 is 5.32 Å². The summed E-state index contributed by atoms with van der Waals surface area (Å²) in [5.74, 6) is 0.778. The van der Waals surface area contributed by atoms with Crippen LogP contribution in [0.2, 0.25) is 5.02 Å². The van der Waals surface area contributed by atoms with E-state index in [0.717, 1.165) is 17.4 Å². The number of halogens is 1. The van der Waals surface area contributed by atoms with Gasteiger partial charge in [-0.15, -0.1) is 0 Å². The van der Waals surface area contributed by atoms with Gasteiger partial charge in [0.15, 0.2) is 0 Å². The first-order chi connectivity index (χ1) is 9.88. The summed E-state index contributed by atoms with van der Waals surface area (Å²) in [6.07, 6.45) is 6.43. The molecule has 118 valence electrons. The van der Waals surface area contributed by atoms with E-state index in [2.05, 4.69) is 45.1 Å². The maximum atomic E-state index is 6.28. The summed E-state index contributed by atoms with van der Waals surface area (Å²) in [6.45, 7) is 9.45. The summed E-state index contributed by atoms with van der Waals surface area (Å²) in [4.78, 5) is 0. The molecule has 0 amide bonds. The van der Waals surface area contributed by atoms with E-state index in [-0.39, 0.29) is 0 Å². The summed E-state index contributed by atoms with van der Waals surface area (Å²) >= 11 is 6.28. The number of nitrogens with one attached hydrogen (secondary N) is 1. The molecule has 3 unspecified atom stereocenters. The SMILES string of the molecule is CC(Cc1ccccc1Cl)NC1CCCCC1C(C)(C)C. The third-order valence-corrected chi connectivity index (χ3v) is 5.23. The van der Waals surface area contributed by atoms with Gasteiger partial charge in [0.05, 0.1) is 0 Å². The highest BCUT2D eigenvalue weighted by atomic mass is 35.5. The monoisotopic (exact) mass is 307 g/mol. The van der Waals surface area contributed by atoms with Crippen molar-refractivity contribution in [1.82, 2.24) is 5.32 Å². The fourth-order valence-electron chi connectivity index (χ4n) is 3.79. The van der Waals surface area contributed by atoms with E-state index in [0.29, 0.717) is 17.5 Å². The molecule has 0 radical (unpaired) electrons. The maximum absolute atomic E-state index is 6.28. The minimum Gasteiger partial charge on any atom is -0.311 e. The first-order valence-corrected chi connectivity index (χ1v) is 8.75. The fraction of sp³-hybridized carbons (Fsp3) is 0.684. The van der Waals surface area contributed by atoms with Crippen molar-refractivity contribution in [2.45, 2.75) is 71.9 Å². The normalized spacial score (nSPS) is 24.8. The van der Waals surface area contributed by atoms with Gasteiger partial charge in [0.2, 0.25) is 0 Å². The van der Waals surface area contributed by atoms with Crippen LogP contribution in [0.25, 0.3) is 0 Å². The topological polar surface area (TPSA) is 12.0 Å². The van der Waals surface area contributed by atoms with Crippen molar-refractivity contribution >= 4 is 11.6 Å². The molecular weight excluding hydrogens is 278 g/mol. The first kappa shape index (κ1) is 16.8. The van der Waals surface area contributed by atoms with E-state index < -0.39 is 0 Å². The summed E-state index contributed by atoms with van der Waals surface area (Å²) < 4.78 is 0. The molecule has 1 fully saturated rings. The molecular formula is C19H30ClN. The van der Waals surface area contributed by atoms with E-state index in [1.165, 1.54) is 31.2 Å². The van der Waals surface area contributed by atoms with E-state index in [9.17, 15) is 0 Å². The summed E-state index contributed by atoms with van der Waals surface area (Å²) in [6, 6.07) is 9.33. The Hall–Kier alpha value is -0.530. The number of benzene rings is 1. The van der Waals surface area contributed by atoms with Gasteiger partial charge in [0.1, 0.15) is 0 Å². The van der Waals surface area contributed by atoms with Crippen LogP contribution in [-0.4, -0.2) is 12.1 Å². The van der Waals surface area contributed by atoms with Crippen molar-refractivity contribution in [1.29, 1.82) is 0 Å². The third kappa shape index (κ3) is 4.72. The van der Waals surface area contributed by atoms with Crippen molar-refractivity contribution in [2.75, 3.05) is 0 Å². The zero-order valence-electron chi connectivity index (χ0n) is 14.0. The molecule has 2 rings (SSSR count). The molecule has 0 heterocycles. The Labute approximate surface area is 135 Å². The number of hydrogen-bond acceptors (Lipinski definition) is 1. The average Bonchev–Trinajstić information content (AvgIpc) is 2.41. The molecule has 0 bridgehead atoms. The Morgan fingerprint density at radius 2 is 1.86 bits per heavy atom. The molecule has 1 aromatic rings. The lowest BCUT2D eigenvalue weighted by Gasteiger charge is -2.42. The molecule has 1 saturated carbocycles. The molecule has 0 aliphatic heterocycles. The molecule has 1 aromatic carbocycles. The molecule has 1 N–H and O–H groups in total. The van der Waals surface area contributed by atoms with Crippen LogP contribution in [0.3, 0.4) is 0 Å². The molecule has 0 aromatic heterocycles. The highest BCUT2D eigenvalue weighted by Crippen LogP contribution is 2.38. The van der Waals surface area contributed by atoms with Gasteiger partial charge in [-0.05, 0) is 49.1 Å². The van der Waals surface area contributed by atoms with Gasteiger partial charge in [-0.2, -0.15) is 0 Å². The Kier molecular flexibility index (Phi) is 5.73. The predicted octanol–water partition coefficient (Wildman–Crippen LogP) is 5.47. The zero-order chi connectivity index (χ0) is 15.5. The van der Waals surface area contributed by atoms with Gasteiger partial charge in [0.25, 0.3) is 0 Å². The highest BCUT2D eigenvalue weighted by Gasteiger charge is 2.34. The van der Waals surface area contributed by atoms with Crippen molar-refractivity contribution in [3.8, 4) is 0 Å². The second-order valence-corrected chi connectivity index (χ2v) is 8.13. The fourth-order valence-corrected chi connectivity index (χ4v) is 4.00. The van der Waals surface area contributed by atoms with E-state index in [4.69, 9.17) is 11.6 Å². The minimum atomic E-state index is 0.391. The molecule has 3 atom stereocenters. The molecule has 2 heteroatoms. The van der Waals surface area contributed by atoms with Crippen LogP contribution in [0.1, 0.15) is 58.9 Å². The van der Waals surface area contributed by atoms with Crippen LogP contribution in [0.5, 0.6) is 0 Å². The van der Waals surface area contributed by atoms with Crippen LogP contribution in [0, 0.1) is 11.3 Å². The van der Waals surface area contributed by atoms with E-state index in [1.807, 2.05) is 12.1 Å². The second kappa shape index (κ2) is 7.15. The summed E-state index contributed by atoms with van der Waals surface area (Å²) in [5, 5.41) is 4.78. The average molecular weight is 308 g/mol. The molecule has 1 nitrogen and oxygen atoms in total. The maximum Gasteiger partial charge on any atom is 0.0438 e. The number of hydrogen-bond donors (Lipinski definition) is 1. The second-order valence-electron chi connectivity index (χ2n) is 7.73. The van der Waals surface area contributed by atoms with Crippen LogP contribution < -0.4 is 5.32 Å². The van der Waals surface area contributed by atoms with Crippen LogP contribution >= 0.6 is 11.6 Å². The van der Waals surface area contributed by atoms with Gasteiger partial charge in [-0.3, -0.25) is 0 Å². The zero-order valence-corrected chi connectivity index (χ0v) is 14.7. The minimum absolute atomic E-state index is 0.391. The summed E-state index contributed by atoms with van der Waals surface area (Å²) in [5.41, 5.74) is 1.64. The Balaban J connectivity index is 1.97. The van der Waals surface area contributed by atoms with Gasteiger partial charge in [0, 0.05) is 17.1 Å². The first-order valence-electron chi connectivity index (χ1n) is 8.37. The smallest absolute Gasteiger partial charge is 0.0438 e. The lowest BCUT2D eigenvalue weighted by Crippen LogP contribution is -2.48. The lowest BCUT2D eigenvalue weighted by molar-refractivity contribution is 0.124. The Morgan fingerprint density at radius 1 is 1.19 bits per heavy atom. The Bertz CT molecular complexity index is 449. The third-order valence-electron chi connectivity index (χ3n) is 4.86. The van der Waals surface area contributed by atoms with Crippen LogP contribution in [0.15, 0.2) is 24.3 Å². The van der Waals surface area contributed by atoms with Crippen LogP contribution in [0.4, 0.5) is 0 Å². The van der Waals surface area contributed by atoms with Gasteiger partial charge in [-0.25, -0.2) is 0 Å². The molecule has 21 heavy (non-hydrogen) atoms. The summed E-state index contributed by atoms with van der Waals surface area (Å²) in [7, 11) is 0. The largest absolute Gasteiger partial charge is 0.311 e. The quantitative estimate of drug-likeness (QED) is 0.778. The number of rotatable bonds is 4. The van der Waals surface area contributed by atoms with Gasteiger partial charge in [-0.1, -0.05) is 63.4 Å². The molecule has 1 aliphatic rings. The van der Waals surface area contributed by atoms with Crippen molar-refractivity contribution in [3.05, 3.63) is 34.9 Å². The molecule has 0 spiro atoms. The Morgan fingerprint density at radius 3 is 2.52 bits per heavy atom. The standard InChI is InChI=1S/C19H30ClN/c1-14(13-15-9-5-7-11-17(15)20)21-18-12-8-6-10-16(18)19(2,3)4/h5,7,9,11,14,16,18,21H,6,8,10,12-13H2,1-4H3. The molecule has 1 aliphatic carbocycles. The molecule has 0 saturated heterocycles. The van der Waals surface area contributed by atoms with E-state index in [1.54, 1.807) is 0 Å². The van der Waals surface area contributed by atoms with Crippen molar-refractivity contribution in [3.63, 3.8) is 0 Å². The van der Waals surface area contributed by atoms with Crippen molar-refractivity contribution < 1.29 is 0 Å². The predicted molar refractivity (Wildman–Crippen MR) is 93.0 cm³/mol. The van der Waals surface area contributed by atoms with Crippen molar-refractivity contribution in [2.24, 2.45) is 11.3 Å². The van der Waals surface area contributed by atoms with E-state index >= 15 is 0 Å². The van der Waals surface area contributed by atoms with Gasteiger partial charge >= 0.3 is 0 Å². The van der Waals surface area contributed by atoms with Crippen LogP contribution in [-0.2, 0) is 6.42 Å². The highest BCUT2D eigenvalue weighted by molar-refractivity contribution is 6.31.